The zero-order chi connectivity index (χ0) is 33.2. The molecule has 0 spiro atoms. The van der Waals surface area contributed by atoms with Gasteiger partial charge in [0.2, 0.25) is 5.90 Å². The van der Waals surface area contributed by atoms with Crippen LogP contribution in [0.2, 0.25) is 10.0 Å². The van der Waals surface area contributed by atoms with Crippen LogP contribution in [0.25, 0.3) is 0 Å². The molecule has 47 heavy (non-hydrogen) atoms. The van der Waals surface area contributed by atoms with Gasteiger partial charge in [0.05, 0.1) is 6.61 Å². The summed E-state index contributed by atoms with van der Waals surface area (Å²) in [7, 11) is 0. The van der Waals surface area contributed by atoms with Crippen LogP contribution in [0.15, 0.2) is 100 Å². The SMILES string of the molecule is O=C(NNCCSCc1ccc(F)cc1)[C@@]1(Cc2ccc(Br)cc2)N=C(c2ccc(OCCCO)cc2)O[C@H]1c1ccc(Cl)cc1Cl. The molecule has 246 valence electrons. The standard InChI is InChI=1S/C35H33BrCl2FN3O4S/c36-26-8-2-23(3-9-26)21-35(34(44)42-40-16-19-47-22-24-4-11-28(39)12-5-24)32(30-15-10-27(37)20-31(30)38)46-33(41-35)25-6-13-29(14-7-25)45-18-1-17-43/h2-15,20,32,40,43H,1,16-19,21-22H2,(H,42,44)/t32-,35-/m0/s1. The molecule has 2 atom stereocenters. The van der Waals surface area contributed by atoms with Crippen molar-refractivity contribution < 1.29 is 23.8 Å². The fourth-order valence-corrected chi connectivity index (χ4v) is 6.62. The number of hydrogen-bond acceptors (Lipinski definition) is 7. The van der Waals surface area contributed by atoms with Crippen molar-refractivity contribution in [2.75, 3.05) is 25.5 Å². The molecule has 1 aliphatic rings. The Bertz CT molecular complexity index is 1680. The van der Waals surface area contributed by atoms with Crippen molar-refractivity contribution in [2.45, 2.75) is 30.2 Å². The average molecular weight is 762 g/mol. The first kappa shape index (κ1) is 35.2. The molecule has 1 aliphatic heterocycles. The molecule has 0 fully saturated rings. The minimum absolute atomic E-state index is 0.0452. The van der Waals surface area contributed by atoms with Crippen LogP contribution in [-0.4, -0.2) is 48.0 Å². The van der Waals surface area contributed by atoms with Crippen molar-refractivity contribution >= 4 is 62.7 Å². The molecule has 12 heteroatoms. The monoisotopic (exact) mass is 759 g/mol. The predicted molar refractivity (Wildman–Crippen MR) is 190 cm³/mol. The van der Waals surface area contributed by atoms with Crippen molar-refractivity contribution in [1.29, 1.82) is 0 Å². The van der Waals surface area contributed by atoms with Crippen LogP contribution in [0.3, 0.4) is 0 Å². The van der Waals surface area contributed by atoms with E-state index in [4.69, 9.17) is 42.8 Å². The van der Waals surface area contributed by atoms with Gasteiger partial charge >= 0.3 is 0 Å². The third-order valence-electron chi connectivity index (χ3n) is 7.42. The molecule has 5 rings (SSSR count). The zero-order valence-electron chi connectivity index (χ0n) is 25.2. The quantitative estimate of drug-likeness (QED) is 0.0850. The smallest absolute Gasteiger partial charge is 0.266 e. The molecule has 1 amide bonds. The van der Waals surface area contributed by atoms with Gasteiger partial charge in [-0.25, -0.2) is 14.8 Å². The Morgan fingerprint density at radius 3 is 2.45 bits per heavy atom. The number of thioether (sulfide) groups is 1. The molecule has 0 saturated heterocycles. The normalized spacial score (nSPS) is 17.2. The molecule has 3 N–H and O–H groups in total. The van der Waals surface area contributed by atoms with E-state index in [1.54, 1.807) is 54.2 Å². The number of aliphatic hydroxyl groups excluding tert-OH is 1. The summed E-state index contributed by atoms with van der Waals surface area (Å²) in [5.74, 6) is 1.68. The highest BCUT2D eigenvalue weighted by Gasteiger charge is 2.54. The maximum Gasteiger partial charge on any atom is 0.266 e. The highest BCUT2D eigenvalue weighted by molar-refractivity contribution is 9.10. The molecule has 0 aromatic heterocycles. The lowest BCUT2D eigenvalue weighted by Crippen LogP contribution is -2.54. The number of aliphatic imine (C=N–C) groups is 1. The van der Waals surface area contributed by atoms with Gasteiger partial charge in [-0.05, 0) is 71.8 Å². The number of hydrazine groups is 1. The zero-order valence-corrected chi connectivity index (χ0v) is 29.1. The second-order valence-corrected chi connectivity index (χ2v) is 13.7. The van der Waals surface area contributed by atoms with Crippen molar-refractivity contribution in [2.24, 2.45) is 4.99 Å². The number of halogens is 4. The summed E-state index contributed by atoms with van der Waals surface area (Å²) in [4.78, 5) is 19.4. The fourth-order valence-electron chi connectivity index (χ4n) is 5.03. The van der Waals surface area contributed by atoms with Gasteiger partial charge in [0.25, 0.3) is 5.91 Å². The summed E-state index contributed by atoms with van der Waals surface area (Å²) in [6.07, 6.45) is -0.153. The summed E-state index contributed by atoms with van der Waals surface area (Å²) < 4.78 is 26.4. The third kappa shape index (κ3) is 9.28. The number of benzene rings is 4. The summed E-state index contributed by atoms with van der Waals surface area (Å²) in [5.41, 5.74) is 7.61. The van der Waals surface area contributed by atoms with Gasteiger partial charge in [-0.3, -0.25) is 10.2 Å². The Morgan fingerprint density at radius 1 is 1.02 bits per heavy atom. The molecule has 0 radical (unpaired) electrons. The number of amides is 1. The van der Waals surface area contributed by atoms with Crippen LogP contribution >= 0.6 is 50.9 Å². The molecule has 4 aromatic carbocycles. The lowest BCUT2D eigenvalue weighted by atomic mass is 9.82. The van der Waals surface area contributed by atoms with Crippen molar-refractivity contribution in [3.05, 3.63) is 134 Å². The minimum Gasteiger partial charge on any atom is -0.494 e. The molecule has 0 saturated carbocycles. The van der Waals surface area contributed by atoms with Gasteiger partial charge in [0.1, 0.15) is 11.6 Å². The molecule has 7 nitrogen and oxygen atoms in total. The van der Waals surface area contributed by atoms with Crippen LogP contribution < -0.4 is 15.6 Å². The van der Waals surface area contributed by atoms with Gasteiger partial charge < -0.3 is 14.6 Å². The molecule has 0 aliphatic carbocycles. The first-order valence-corrected chi connectivity index (χ1v) is 17.6. The van der Waals surface area contributed by atoms with Crippen molar-refractivity contribution in [1.82, 2.24) is 10.9 Å². The molecular weight excluding hydrogens is 728 g/mol. The van der Waals surface area contributed by atoms with E-state index in [-0.39, 0.29) is 30.6 Å². The van der Waals surface area contributed by atoms with Crippen molar-refractivity contribution in [3.8, 4) is 5.75 Å². The summed E-state index contributed by atoms with van der Waals surface area (Å²) >= 11 is 18.1. The Kier molecular flexibility index (Phi) is 12.6. The van der Waals surface area contributed by atoms with Gasteiger partial charge in [0.15, 0.2) is 11.6 Å². The highest BCUT2D eigenvalue weighted by atomic mass is 79.9. The van der Waals surface area contributed by atoms with Crippen LogP contribution in [0.5, 0.6) is 5.75 Å². The second-order valence-electron chi connectivity index (χ2n) is 10.8. The first-order chi connectivity index (χ1) is 22.8. The highest BCUT2D eigenvalue weighted by Crippen LogP contribution is 2.45. The maximum absolute atomic E-state index is 14.3. The number of aliphatic hydroxyl groups is 1. The Hall–Kier alpha value is -3.12. The lowest BCUT2D eigenvalue weighted by Gasteiger charge is -2.31. The van der Waals surface area contributed by atoms with Gasteiger partial charge in [-0.15, -0.1) is 0 Å². The van der Waals surface area contributed by atoms with E-state index in [0.29, 0.717) is 58.0 Å². The summed E-state index contributed by atoms with van der Waals surface area (Å²) in [6.45, 7) is 0.912. The first-order valence-electron chi connectivity index (χ1n) is 14.9. The topological polar surface area (TPSA) is 92.2 Å². The second kappa shape index (κ2) is 16.8. The van der Waals surface area contributed by atoms with Crippen LogP contribution in [0.4, 0.5) is 4.39 Å². The Morgan fingerprint density at radius 2 is 1.74 bits per heavy atom. The summed E-state index contributed by atoms with van der Waals surface area (Å²) in [6, 6.07) is 26.4. The van der Waals surface area contributed by atoms with Crippen LogP contribution in [0, 0.1) is 5.82 Å². The number of carbonyl (C=O) groups excluding carboxylic acids is 1. The number of hydrogen-bond donors (Lipinski definition) is 3. The Labute approximate surface area is 296 Å². The fraction of sp³-hybridized carbons (Fsp3) is 0.257. The van der Waals surface area contributed by atoms with E-state index in [2.05, 4.69) is 26.8 Å². The van der Waals surface area contributed by atoms with E-state index in [0.717, 1.165) is 15.6 Å². The molecule has 0 unspecified atom stereocenters. The van der Waals surface area contributed by atoms with Gasteiger partial charge in [-0.1, -0.05) is 69.5 Å². The van der Waals surface area contributed by atoms with E-state index in [1.165, 1.54) is 12.1 Å². The van der Waals surface area contributed by atoms with E-state index in [9.17, 15) is 9.18 Å². The van der Waals surface area contributed by atoms with E-state index < -0.39 is 11.6 Å². The number of rotatable bonds is 15. The lowest BCUT2D eigenvalue weighted by molar-refractivity contribution is -0.130. The predicted octanol–water partition coefficient (Wildman–Crippen LogP) is 7.71. The maximum atomic E-state index is 14.3. The van der Waals surface area contributed by atoms with Crippen molar-refractivity contribution in [3.63, 3.8) is 0 Å². The average Bonchev–Trinajstić information content (AvgIpc) is 3.45. The Balaban J connectivity index is 1.41. The van der Waals surface area contributed by atoms with E-state index >= 15 is 0 Å². The minimum atomic E-state index is -1.45. The molecule has 1 heterocycles. The number of ether oxygens (including phenoxy) is 2. The van der Waals surface area contributed by atoms with Gasteiger partial charge in [0, 0.05) is 63.1 Å². The van der Waals surface area contributed by atoms with Crippen LogP contribution in [-0.2, 0) is 21.7 Å². The number of nitrogens with zero attached hydrogens (tertiary/aromatic N) is 1. The van der Waals surface area contributed by atoms with E-state index in [1.807, 2.05) is 36.4 Å². The number of nitrogens with one attached hydrogen (secondary N) is 2. The molecular formula is C35H33BrCl2FN3O4S. The van der Waals surface area contributed by atoms with Gasteiger partial charge in [-0.2, -0.15) is 11.8 Å². The number of carbonyl (C=O) groups is 1. The third-order valence-corrected chi connectivity index (χ3v) is 9.54. The largest absolute Gasteiger partial charge is 0.494 e. The van der Waals surface area contributed by atoms with Crippen LogP contribution in [0.1, 0.15) is 34.8 Å². The summed E-state index contributed by atoms with van der Waals surface area (Å²) in [5, 5.41) is 9.87. The molecule has 4 aromatic rings. The molecule has 0 bridgehead atoms.